The zero-order valence-corrected chi connectivity index (χ0v) is 13.0. The second-order valence-electron chi connectivity index (χ2n) is 6.48. The first-order valence-electron chi connectivity index (χ1n) is 8.19. The summed E-state index contributed by atoms with van der Waals surface area (Å²) >= 11 is 0. The molecule has 3 atom stereocenters. The second kappa shape index (κ2) is 7.61. The van der Waals surface area contributed by atoms with Gasteiger partial charge < -0.3 is 15.0 Å². The minimum atomic E-state index is 0.506. The van der Waals surface area contributed by atoms with Crippen molar-refractivity contribution in [2.45, 2.75) is 57.6 Å². The van der Waals surface area contributed by atoms with Crippen LogP contribution in [-0.4, -0.2) is 50.8 Å². The lowest BCUT2D eigenvalue weighted by Crippen LogP contribution is -2.47. The standard InChI is InChI=1S/C16H32N2O/c1-4-13-5-6-16(17-2)14(11-13)12-18-9-7-15(19-3)8-10-18/h13-17H,4-12H2,1-3H3. The Labute approximate surface area is 119 Å². The first-order chi connectivity index (χ1) is 9.26. The SMILES string of the molecule is CCC1CCC(NC)C(CN2CCC(OC)CC2)C1. The predicted molar refractivity (Wildman–Crippen MR) is 80.4 cm³/mol. The Morgan fingerprint density at radius 3 is 2.47 bits per heavy atom. The topological polar surface area (TPSA) is 24.5 Å². The van der Waals surface area contributed by atoms with Crippen LogP contribution in [0.25, 0.3) is 0 Å². The highest BCUT2D eigenvalue weighted by atomic mass is 16.5. The first kappa shape index (κ1) is 15.3. The van der Waals surface area contributed by atoms with Gasteiger partial charge in [-0.15, -0.1) is 0 Å². The van der Waals surface area contributed by atoms with Gasteiger partial charge in [0.1, 0.15) is 0 Å². The molecule has 1 saturated heterocycles. The molecule has 1 aliphatic heterocycles. The van der Waals surface area contributed by atoms with Crippen molar-refractivity contribution in [2.75, 3.05) is 33.8 Å². The van der Waals surface area contributed by atoms with E-state index in [1.165, 1.54) is 58.2 Å². The minimum absolute atomic E-state index is 0.506. The average Bonchev–Trinajstić information content (AvgIpc) is 2.48. The van der Waals surface area contributed by atoms with Gasteiger partial charge in [-0.05, 0) is 51.0 Å². The molecule has 112 valence electrons. The van der Waals surface area contributed by atoms with Gasteiger partial charge in [-0.25, -0.2) is 0 Å². The van der Waals surface area contributed by atoms with Gasteiger partial charge >= 0.3 is 0 Å². The molecule has 1 aliphatic carbocycles. The van der Waals surface area contributed by atoms with Crippen molar-refractivity contribution in [3.63, 3.8) is 0 Å². The Balaban J connectivity index is 1.82. The van der Waals surface area contributed by atoms with Crippen LogP contribution >= 0.6 is 0 Å². The highest BCUT2D eigenvalue weighted by molar-refractivity contribution is 4.86. The summed E-state index contributed by atoms with van der Waals surface area (Å²) in [6, 6.07) is 0.739. The van der Waals surface area contributed by atoms with Crippen molar-refractivity contribution in [1.29, 1.82) is 0 Å². The lowest BCUT2D eigenvalue weighted by Gasteiger charge is -2.40. The summed E-state index contributed by atoms with van der Waals surface area (Å²) in [6.07, 6.45) is 8.50. The molecule has 0 spiro atoms. The van der Waals surface area contributed by atoms with Crippen LogP contribution < -0.4 is 5.32 Å². The number of nitrogens with zero attached hydrogens (tertiary/aromatic N) is 1. The maximum atomic E-state index is 5.47. The Kier molecular flexibility index (Phi) is 6.11. The van der Waals surface area contributed by atoms with Crippen molar-refractivity contribution in [2.24, 2.45) is 11.8 Å². The van der Waals surface area contributed by atoms with E-state index >= 15 is 0 Å². The van der Waals surface area contributed by atoms with Gasteiger partial charge in [-0.3, -0.25) is 0 Å². The van der Waals surface area contributed by atoms with Crippen molar-refractivity contribution in [1.82, 2.24) is 10.2 Å². The normalized spacial score (nSPS) is 34.6. The number of piperidine rings is 1. The monoisotopic (exact) mass is 268 g/mol. The quantitative estimate of drug-likeness (QED) is 0.829. The van der Waals surface area contributed by atoms with Crippen LogP contribution in [-0.2, 0) is 4.74 Å². The fourth-order valence-electron chi connectivity index (χ4n) is 3.97. The van der Waals surface area contributed by atoms with Crippen molar-refractivity contribution >= 4 is 0 Å². The summed E-state index contributed by atoms with van der Waals surface area (Å²) in [6.45, 7) is 6.09. The molecule has 3 unspecified atom stereocenters. The zero-order valence-electron chi connectivity index (χ0n) is 13.0. The molecule has 0 amide bonds. The molecular weight excluding hydrogens is 236 g/mol. The summed E-state index contributed by atoms with van der Waals surface area (Å²) in [4.78, 5) is 2.67. The zero-order chi connectivity index (χ0) is 13.7. The highest BCUT2D eigenvalue weighted by Gasteiger charge is 2.31. The molecule has 19 heavy (non-hydrogen) atoms. The maximum Gasteiger partial charge on any atom is 0.0595 e. The van der Waals surface area contributed by atoms with E-state index in [9.17, 15) is 0 Å². The van der Waals surface area contributed by atoms with E-state index in [0.717, 1.165) is 17.9 Å². The number of hydrogen-bond donors (Lipinski definition) is 1. The number of ether oxygens (including phenoxy) is 1. The number of nitrogens with one attached hydrogen (secondary N) is 1. The Hall–Kier alpha value is -0.120. The van der Waals surface area contributed by atoms with E-state index < -0.39 is 0 Å². The molecule has 1 saturated carbocycles. The Morgan fingerprint density at radius 1 is 1.16 bits per heavy atom. The smallest absolute Gasteiger partial charge is 0.0595 e. The highest BCUT2D eigenvalue weighted by Crippen LogP contribution is 2.32. The Bertz CT molecular complexity index is 251. The molecule has 3 heteroatoms. The van der Waals surface area contributed by atoms with Crippen LogP contribution in [0.1, 0.15) is 45.4 Å². The number of methoxy groups -OCH3 is 1. The van der Waals surface area contributed by atoms with Crippen molar-refractivity contribution in [3.8, 4) is 0 Å². The minimum Gasteiger partial charge on any atom is -0.381 e. The van der Waals surface area contributed by atoms with Crippen LogP contribution in [0.4, 0.5) is 0 Å². The van der Waals surface area contributed by atoms with Crippen LogP contribution in [0.5, 0.6) is 0 Å². The van der Waals surface area contributed by atoms with Crippen LogP contribution in [0.2, 0.25) is 0 Å². The van der Waals surface area contributed by atoms with E-state index in [2.05, 4.69) is 24.2 Å². The fourth-order valence-corrected chi connectivity index (χ4v) is 3.97. The summed E-state index contributed by atoms with van der Waals surface area (Å²) < 4.78 is 5.47. The van der Waals surface area contributed by atoms with Crippen molar-refractivity contribution < 1.29 is 4.74 Å². The molecule has 3 nitrogen and oxygen atoms in total. The molecular formula is C16H32N2O. The van der Waals surface area contributed by atoms with Gasteiger partial charge in [0.2, 0.25) is 0 Å². The molecule has 1 heterocycles. The van der Waals surface area contributed by atoms with Gasteiger partial charge in [0.25, 0.3) is 0 Å². The first-order valence-corrected chi connectivity index (χ1v) is 8.19. The van der Waals surface area contributed by atoms with Crippen molar-refractivity contribution in [3.05, 3.63) is 0 Å². The average molecular weight is 268 g/mol. The molecule has 0 aromatic carbocycles. The lowest BCUT2D eigenvalue weighted by molar-refractivity contribution is 0.0300. The summed E-state index contributed by atoms with van der Waals surface area (Å²) in [5, 5.41) is 3.56. The Morgan fingerprint density at radius 2 is 1.89 bits per heavy atom. The summed E-state index contributed by atoms with van der Waals surface area (Å²) in [7, 11) is 3.99. The third kappa shape index (κ3) is 4.17. The number of likely N-dealkylation sites (tertiary alicyclic amines) is 1. The third-order valence-corrected chi connectivity index (χ3v) is 5.40. The van der Waals surface area contributed by atoms with Gasteiger partial charge in [-0.1, -0.05) is 13.3 Å². The van der Waals surface area contributed by atoms with E-state index in [0.29, 0.717) is 6.10 Å². The molecule has 2 aliphatic rings. The van der Waals surface area contributed by atoms with E-state index in [-0.39, 0.29) is 0 Å². The lowest BCUT2D eigenvalue weighted by atomic mass is 9.76. The molecule has 2 rings (SSSR count). The van der Waals surface area contributed by atoms with Gasteiger partial charge in [0.15, 0.2) is 0 Å². The molecule has 0 aromatic rings. The van der Waals surface area contributed by atoms with Crippen LogP contribution in [0, 0.1) is 11.8 Å². The van der Waals surface area contributed by atoms with Crippen LogP contribution in [0.3, 0.4) is 0 Å². The van der Waals surface area contributed by atoms with Gasteiger partial charge in [0.05, 0.1) is 6.10 Å². The van der Waals surface area contributed by atoms with E-state index in [1.54, 1.807) is 0 Å². The molecule has 2 fully saturated rings. The summed E-state index contributed by atoms with van der Waals surface area (Å²) in [5.41, 5.74) is 0. The maximum absolute atomic E-state index is 5.47. The largest absolute Gasteiger partial charge is 0.381 e. The van der Waals surface area contributed by atoms with E-state index in [4.69, 9.17) is 4.74 Å². The fraction of sp³-hybridized carbons (Fsp3) is 1.00. The predicted octanol–water partition coefficient (Wildman–Crippen LogP) is 2.51. The number of rotatable bonds is 5. The molecule has 1 N–H and O–H groups in total. The van der Waals surface area contributed by atoms with E-state index in [1.807, 2.05) is 7.11 Å². The summed E-state index contributed by atoms with van der Waals surface area (Å²) in [5.74, 6) is 1.81. The second-order valence-corrected chi connectivity index (χ2v) is 6.48. The third-order valence-electron chi connectivity index (χ3n) is 5.40. The number of hydrogen-bond acceptors (Lipinski definition) is 3. The molecule has 0 bridgehead atoms. The molecule has 0 radical (unpaired) electrons. The van der Waals surface area contributed by atoms with Gasteiger partial charge in [0, 0.05) is 32.8 Å². The molecule has 0 aromatic heterocycles. The van der Waals surface area contributed by atoms with Crippen LogP contribution in [0.15, 0.2) is 0 Å². The van der Waals surface area contributed by atoms with Gasteiger partial charge in [-0.2, -0.15) is 0 Å².